The van der Waals surface area contributed by atoms with E-state index in [0.29, 0.717) is 28.4 Å². The number of anilines is 3. The van der Waals surface area contributed by atoms with E-state index in [1.807, 2.05) is 13.8 Å². The van der Waals surface area contributed by atoms with Crippen LogP contribution in [0.5, 0.6) is 0 Å². The summed E-state index contributed by atoms with van der Waals surface area (Å²) in [6, 6.07) is 10.1. The Kier molecular flexibility index (Phi) is 5.74. The highest BCUT2D eigenvalue weighted by molar-refractivity contribution is 6.15. The van der Waals surface area contributed by atoms with Gasteiger partial charge in [-0.3, -0.25) is 4.79 Å². The van der Waals surface area contributed by atoms with E-state index < -0.39 is 17.7 Å². The van der Waals surface area contributed by atoms with Gasteiger partial charge < -0.3 is 16.4 Å². The summed E-state index contributed by atoms with van der Waals surface area (Å²) in [5.74, 6) is -1.73. The van der Waals surface area contributed by atoms with E-state index in [2.05, 4.69) is 20.7 Å². The van der Waals surface area contributed by atoms with Gasteiger partial charge >= 0.3 is 6.03 Å². The lowest BCUT2D eigenvalue weighted by atomic mass is 10.0. The number of fused-ring (bicyclic) bond motifs is 1. The Hall–Kier alpha value is -4.34. The van der Waals surface area contributed by atoms with Crippen LogP contribution in [0.1, 0.15) is 41.4 Å². The molecule has 2 aromatic carbocycles. The zero-order valence-electron chi connectivity index (χ0n) is 17.8. The number of hydrogen-bond acceptors (Lipinski definition) is 5. The van der Waals surface area contributed by atoms with Gasteiger partial charge in [-0.15, -0.1) is 0 Å². The second-order valence-corrected chi connectivity index (χ2v) is 7.66. The number of carbonyl (C=O) groups excluding carboxylic acids is 2. The SMILES string of the molecule is CC(C)c1cc(C(=O)c2cccc(NC(=O)Nc3ccc(F)cc3F)c2)c2c(N)ncnn12. The molecule has 168 valence electrons. The molecule has 2 amide bonds. The maximum absolute atomic E-state index is 13.8. The quantitative estimate of drug-likeness (QED) is 0.385. The van der Waals surface area contributed by atoms with Crippen LogP contribution in [0.4, 0.5) is 30.8 Å². The molecule has 0 aliphatic rings. The second kappa shape index (κ2) is 8.65. The van der Waals surface area contributed by atoms with E-state index >= 15 is 0 Å². The van der Waals surface area contributed by atoms with Gasteiger partial charge in [-0.25, -0.2) is 23.1 Å². The first-order valence-corrected chi connectivity index (χ1v) is 10.0. The largest absolute Gasteiger partial charge is 0.382 e. The van der Waals surface area contributed by atoms with Crippen LogP contribution in [0, 0.1) is 11.6 Å². The second-order valence-electron chi connectivity index (χ2n) is 7.66. The number of aromatic nitrogens is 3. The number of rotatable bonds is 5. The molecule has 0 spiro atoms. The minimum Gasteiger partial charge on any atom is -0.382 e. The van der Waals surface area contributed by atoms with Crippen molar-refractivity contribution in [2.75, 3.05) is 16.4 Å². The summed E-state index contributed by atoms with van der Waals surface area (Å²) in [6.45, 7) is 3.95. The summed E-state index contributed by atoms with van der Waals surface area (Å²) in [4.78, 5) is 29.6. The third-order valence-electron chi connectivity index (χ3n) is 5.01. The molecule has 2 heterocycles. The van der Waals surface area contributed by atoms with Gasteiger partial charge in [0.15, 0.2) is 11.6 Å². The molecular formula is C23H20F2N6O2. The third-order valence-corrected chi connectivity index (χ3v) is 5.01. The van der Waals surface area contributed by atoms with Crippen molar-refractivity contribution in [2.45, 2.75) is 19.8 Å². The number of nitrogens with two attached hydrogens (primary N) is 1. The summed E-state index contributed by atoms with van der Waals surface area (Å²) in [5.41, 5.74) is 8.01. The van der Waals surface area contributed by atoms with Gasteiger partial charge in [0, 0.05) is 23.0 Å². The Morgan fingerprint density at radius 1 is 1.06 bits per heavy atom. The first-order chi connectivity index (χ1) is 15.7. The van der Waals surface area contributed by atoms with Gasteiger partial charge in [0.1, 0.15) is 23.5 Å². The lowest BCUT2D eigenvalue weighted by Gasteiger charge is -2.09. The maximum Gasteiger partial charge on any atom is 0.323 e. The van der Waals surface area contributed by atoms with E-state index in [1.165, 1.54) is 12.4 Å². The Balaban J connectivity index is 1.60. The molecule has 2 aromatic heterocycles. The summed E-state index contributed by atoms with van der Waals surface area (Å²) < 4.78 is 28.4. The molecule has 0 radical (unpaired) electrons. The van der Waals surface area contributed by atoms with Crippen LogP contribution < -0.4 is 16.4 Å². The first kappa shape index (κ1) is 21.9. The van der Waals surface area contributed by atoms with Crippen LogP contribution in [0.3, 0.4) is 0 Å². The molecule has 0 atom stereocenters. The molecule has 0 aliphatic carbocycles. The molecule has 10 heteroatoms. The van der Waals surface area contributed by atoms with Crippen LogP contribution in [0.25, 0.3) is 5.52 Å². The fourth-order valence-electron chi connectivity index (χ4n) is 3.45. The van der Waals surface area contributed by atoms with Crippen LogP contribution >= 0.6 is 0 Å². The van der Waals surface area contributed by atoms with Gasteiger partial charge in [0.05, 0.1) is 11.3 Å². The zero-order chi connectivity index (χ0) is 23.7. The topological polar surface area (TPSA) is 114 Å². The van der Waals surface area contributed by atoms with E-state index in [4.69, 9.17) is 5.73 Å². The third kappa shape index (κ3) is 4.36. The molecule has 0 saturated carbocycles. The van der Waals surface area contributed by atoms with Crippen LogP contribution in [0.15, 0.2) is 54.9 Å². The van der Waals surface area contributed by atoms with Crippen molar-refractivity contribution in [1.82, 2.24) is 14.6 Å². The molecule has 4 aromatic rings. The average Bonchev–Trinajstić information content (AvgIpc) is 3.17. The van der Waals surface area contributed by atoms with Gasteiger partial charge in [-0.1, -0.05) is 26.0 Å². The molecular weight excluding hydrogens is 430 g/mol. The number of urea groups is 1. The van der Waals surface area contributed by atoms with E-state index in [9.17, 15) is 18.4 Å². The number of benzene rings is 2. The predicted octanol–water partition coefficient (Wildman–Crippen LogP) is 4.59. The number of hydrogen-bond donors (Lipinski definition) is 3. The summed E-state index contributed by atoms with van der Waals surface area (Å²) >= 11 is 0. The number of nitrogen functional groups attached to an aromatic ring is 1. The monoisotopic (exact) mass is 450 g/mol. The molecule has 8 nitrogen and oxygen atoms in total. The van der Waals surface area contributed by atoms with E-state index in [-0.39, 0.29) is 23.2 Å². The van der Waals surface area contributed by atoms with Gasteiger partial charge in [0.25, 0.3) is 0 Å². The van der Waals surface area contributed by atoms with Crippen LogP contribution in [-0.4, -0.2) is 26.4 Å². The molecule has 0 saturated heterocycles. The standard InChI is InChI=1S/C23H20F2N6O2/c1-12(2)19-10-16(20-22(26)27-11-28-31(19)20)21(32)13-4-3-5-15(8-13)29-23(33)30-18-7-6-14(24)9-17(18)25/h3-12H,1-2H3,(H2,26,27,28)(H2,29,30,33). The smallest absolute Gasteiger partial charge is 0.323 e. The summed E-state index contributed by atoms with van der Waals surface area (Å²) in [6.07, 6.45) is 1.33. The maximum atomic E-state index is 13.8. The van der Waals surface area contributed by atoms with Crippen molar-refractivity contribution in [3.8, 4) is 0 Å². The summed E-state index contributed by atoms with van der Waals surface area (Å²) in [5, 5.41) is 9.06. The molecule has 0 bridgehead atoms. The van der Waals surface area contributed by atoms with Crippen LogP contribution in [-0.2, 0) is 0 Å². The van der Waals surface area contributed by atoms with Crippen molar-refractivity contribution in [3.63, 3.8) is 0 Å². The number of amides is 2. The number of nitrogens with one attached hydrogen (secondary N) is 2. The lowest BCUT2D eigenvalue weighted by molar-refractivity contribution is 0.104. The molecule has 4 rings (SSSR count). The molecule has 33 heavy (non-hydrogen) atoms. The number of carbonyl (C=O) groups is 2. The van der Waals surface area contributed by atoms with E-state index in [0.717, 1.165) is 17.8 Å². The fourth-order valence-corrected chi connectivity index (χ4v) is 3.45. The Morgan fingerprint density at radius 2 is 1.85 bits per heavy atom. The highest BCUT2D eigenvalue weighted by atomic mass is 19.1. The summed E-state index contributed by atoms with van der Waals surface area (Å²) in [7, 11) is 0. The Labute approximate surface area is 187 Å². The van der Waals surface area contributed by atoms with Crippen LogP contribution in [0.2, 0.25) is 0 Å². The first-order valence-electron chi connectivity index (χ1n) is 10.0. The molecule has 4 N–H and O–H groups in total. The number of nitrogens with zero attached hydrogens (tertiary/aromatic N) is 3. The van der Waals surface area contributed by atoms with Gasteiger partial charge in [0.2, 0.25) is 0 Å². The number of halogens is 2. The zero-order valence-corrected chi connectivity index (χ0v) is 17.8. The Bertz CT molecular complexity index is 1380. The van der Waals surface area contributed by atoms with Gasteiger partial charge in [-0.2, -0.15) is 5.10 Å². The van der Waals surface area contributed by atoms with Crippen molar-refractivity contribution in [1.29, 1.82) is 0 Å². The normalized spacial score (nSPS) is 11.1. The average molecular weight is 450 g/mol. The molecule has 0 unspecified atom stereocenters. The van der Waals surface area contributed by atoms with E-state index in [1.54, 1.807) is 28.8 Å². The van der Waals surface area contributed by atoms with Crippen molar-refractivity contribution < 1.29 is 18.4 Å². The van der Waals surface area contributed by atoms with Crippen molar-refractivity contribution in [2.24, 2.45) is 0 Å². The molecule has 0 fully saturated rings. The predicted molar refractivity (Wildman–Crippen MR) is 120 cm³/mol. The van der Waals surface area contributed by atoms with Crippen molar-refractivity contribution in [3.05, 3.63) is 83.3 Å². The minimum atomic E-state index is -0.907. The number of ketones is 1. The lowest BCUT2D eigenvalue weighted by Crippen LogP contribution is -2.20. The fraction of sp³-hybridized carbons (Fsp3) is 0.130. The van der Waals surface area contributed by atoms with Gasteiger partial charge in [-0.05, 0) is 36.2 Å². The Morgan fingerprint density at radius 3 is 2.58 bits per heavy atom. The highest BCUT2D eigenvalue weighted by Crippen LogP contribution is 2.27. The highest BCUT2D eigenvalue weighted by Gasteiger charge is 2.22. The van der Waals surface area contributed by atoms with Crippen molar-refractivity contribution >= 4 is 34.5 Å². The minimum absolute atomic E-state index is 0.0805. The molecule has 0 aliphatic heterocycles.